The van der Waals surface area contributed by atoms with Crippen LogP contribution in [0.5, 0.6) is 5.75 Å². The van der Waals surface area contributed by atoms with Crippen molar-refractivity contribution in [2.75, 3.05) is 11.5 Å². The van der Waals surface area contributed by atoms with E-state index in [1.54, 1.807) is 24.3 Å². The number of amides is 3. The van der Waals surface area contributed by atoms with Gasteiger partial charge < -0.3 is 10.5 Å². The van der Waals surface area contributed by atoms with Crippen LogP contribution in [0, 0.1) is 6.92 Å². The Hall–Kier alpha value is -3.23. The molecule has 1 heterocycles. The van der Waals surface area contributed by atoms with Crippen LogP contribution >= 0.6 is 23.8 Å². The average molecular weight is 430 g/mol. The minimum Gasteiger partial charge on any atom is -0.482 e. The molecule has 1 fully saturated rings. The summed E-state index contributed by atoms with van der Waals surface area (Å²) >= 11 is 11.3. The summed E-state index contributed by atoms with van der Waals surface area (Å²) in [4.78, 5) is 37.5. The number of hydrogen-bond donors (Lipinski definition) is 2. The summed E-state index contributed by atoms with van der Waals surface area (Å²) < 4.78 is 5.19. The van der Waals surface area contributed by atoms with Crippen molar-refractivity contribution in [2.24, 2.45) is 5.73 Å². The fourth-order valence-corrected chi connectivity index (χ4v) is 3.22. The maximum absolute atomic E-state index is 13.0. The highest BCUT2D eigenvalue weighted by molar-refractivity contribution is 7.80. The number of nitrogens with zero attached hydrogens (tertiary/aromatic N) is 1. The lowest BCUT2D eigenvalue weighted by atomic mass is 10.1. The quantitative estimate of drug-likeness (QED) is 0.431. The van der Waals surface area contributed by atoms with Crippen LogP contribution in [0.3, 0.4) is 0 Å². The van der Waals surface area contributed by atoms with Crippen LogP contribution in [-0.2, 0) is 14.4 Å². The van der Waals surface area contributed by atoms with Gasteiger partial charge in [0.15, 0.2) is 11.7 Å². The minimum atomic E-state index is -0.635. The van der Waals surface area contributed by atoms with Gasteiger partial charge in [-0.3, -0.25) is 24.6 Å². The summed E-state index contributed by atoms with van der Waals surface area (Å²) in [7, 11) is 0. The maximum Gasteiger partial charge on any atom is 0.270 e. The number of thiocarbonyl (C=S) groups is 1. The number of hydrogen-bond acceptors (Lipinski definition) is 5. The number of anilines is 1. The lowest BCUT2D eigenvalue weighted by Crippen LogP contribution is -2.54. The van der Waals surface area contributed by atoms with E-state index >= 15 is 0 Å². The van der Waals surface area contributed by atoms with E-state index in [9.17, 15) is 14.4 Å². The van der Waals surface area contributed by atoms with E-state index in [4.69, 9.17) is 34.3 Å². The summed E-state index contributed by atoms with van der Waals surface area (Å²) in [5, 5.41) is 2.74. The van der Waals surface area contributed by atoms with Crippen molar-refractivity contribution in [3.8, 4) is 5.75 Å². The first-order valence-corrected chi connectivity index (χ1v) is 9.23. The van der Waals surface area contributed by atoms with Crippen molar-refractivity contribution in [1.29, 1.82) is 0 Å². The molecule has 0 saturated carbocycles. The molecule has 148 valence electrons. The fourth-order valence-electron chi connectivity index (χ4n) is 2.70. The molecular weight excluding hydrogens is 414 g/mol. The molecule has 0 radical (unpaired) electrons. The Labute approximate surface area is 177 Å². The van der Waals surface area contributed by atoms with E-state index in [2.05, 4.69) is 5.32 Å². The zero-order valence-corrected chi connectivity index (χ0v) is 16.8. The normalized spacial score (nSPS) is 15.4. The summed E-state index contributed by atoms with van der Waals surface area (Å²) in [5.74, 6) is -1.53. The summed E-state index contributed by atoms with van der Waals surface area (Å²) in [5.41, 5.74) is 6.94. The molecule has 3 amide bonds. The molecular formula is C20H16ClN3O4S. The number of aryl methyl sites for hydroxylation is 1. The van der Waals surface area contributed by atoms with Gasteiger partial charge in [0, 0.05) is 0 Å². The second-order valence-electron chi connectivity index (χ2n) is 6.24. The summed E-state index contributed by atoms with van der Waals surface area (Å²) in [6.45, 7) is 1.57. The van der Waals surface area contributed by atoms with Gasteiger partial charge in [-0.2, -0.15) is 0 Å². The Morgan fingerprint density at radius 1 is 1.28 bits per heavy atom. The van der Waals surface area contributed by atoms with Gasteiger partial charge in [0.1, 0.15) is 11.3 Å². The van der Waals surface area contributed by atoms with Crippen LogP contribution < -0.4 is 20.7 Å². The lowest BCUT2D eigenvalue weighted by molar-refractivity contribution is -0.122. The molecule has 0 bridgehead atoms. The van der Waals surface area contributed by atoms with Crippen molar-refractivity contribution in [3.63, 3.8) is 0 Å². The third-order valence-electron chi connectivity index (χ3n) is 4.00. The fraction of sp³-hybridized carbons (Fsp3) is 0.100. The minimum absolute atomic E-state index is 0.0102. The van der Waals surface area contributed by atoms with E-state index in [0.29, 0.717) is 11.3 Å². The molecule has 3 N–H and O–H groups in total. The summed E-state index contributed by atoms with van der Waals surface area (Å²) in [6, 6.07) is 11.8. The zero-order chi connectivity index (χ0) is 21.1. The van der Waals surface area contributed by atoms with Gasteiger partial charge >= 0.3 is 0 Å². The topological polar surface area (TPSA) is 102 Å². The second kappa shape index (κ2) is 8.42. The number of benzene rings is 2. The molecule has 2 aromatic carbocycles. The van der Waals surface area contributed by atoms with Gasteiger partial charge in [-0.1, -0.05) is 29.8 Å². The highest BCUT2D eigenvalue weighted by Gasteiger charge is 2.34. The second-order valence-corrected chi connectivity index (χ2v) is 7.04. The van der Waals surface area contributed by atoms with Crippen molar-refractivity contribution in [1.82, 2.24) is 5.32 Å². The number of carbonyl (C=O) groups excluding carboxylic acids is 3. The Balaban J connectivity index is 1.92. The monoisotopic (exact) mass is 429 g/mol. The van der Waals surface area contributed by atoms with Crippen LogP contribution in [0.2, 0.25) is 5.02 Å². The molecule has 0 atom stereocenters. The van der Waals surface area contributed by atoms with Gasteiger partial charge in [0.05, 0.1) is 10.7 Å². The van der Waals surface area contributed by atoms with E-state index in [1.807, 2.05) is 13.0 Å². The third kappa shape index (κ3) is 4.61. The first-order valence-electron chi connectivity index (χ1n) is 8.45. The van der Waals surface area contributed by atoms with Crippen LogP contribution in [-0.4, -0.2) is 29.4 Å². The van der Waals surface area contributed by atoms with Gasteiger partial charge in [0.2, 0.25) is 0 Å². The van der Waals surface area contributed by atoms with Gasteiger partial charge in [-0.05, 0) is 60.6 Å². The molecule has 1 aliphatic heterocycles. The van der Waals surface area contributed by atoms with E-state index < -0.39 is 17.7 Å². The van der Waals surface area contributed by atoms with Crippen LogP contribution in [0.25, 0.3) is 6.08 Å². The van der Waals surface area contributed by atoms with E-state index in [0.717, 1.165) is 5.56 Å². The molecule has 1 saturated heterocycles. The van der Waals surface area contributed by atoms with E-state index in [-0.39, 0.29) is 28.1 Å². The molecule has 29 heavy (non-hydrogen) atoms. The first kappa shape index (κ1) is 20.5. The number of nitrogens with one attached hydrogen (secondary N) is 1. The smallest absolute Gasteiger partial charge is 0.270 e. The molecule has 0 spiro atoms. The summed E-state index contributed by atoms with van der Waals surface area (Å²) in [6.07, 6.45) is 1.41. The Bertz CT molecular complexity index is 1070. The largest absolute Gasteiger partial charge is 0.482 e. The lowest BCUT2D eigenvalue weighted by Gasteiger charge is -2.29. The standard InChI is InChI=1S/C20H16ClN3O4S/c1-11-3-2-4-13(7-11)24-19(27)14(18(26)23-20(24)29)8-12-5-6-16(15(21)9-12)28-10-17(22)25/h2-9H,10H2,1H3,(H2,22,25)(H,23,26,29). The van der Waals surface area contributed by atoms with Gasteiger partial charge in [-0.15, -0.1) is 0 Å². The highest BCUT2D eigenvalue weighted by atomic mass is 35.5. The van der Waals surface area contributed by atoms with Crippen LogP contribution in [0.1, 0.15) is 11.1 Å². The molecule has 9 heteroatoms. The van der Waals surface area contributed by atoms with Crippen LogP contribution in [0.4, 0.5) is 5.69 Å². The number of nitrogens with two attached hydrogens (primary N) is 1. The predicted molar refractivity (Wildman–Crippen MR) is 114 cm³/mol. The number of halogens is 1. The predicted octanol–water partition coefficient (Wildman–Crippen LogP) is 2.34. The van der Waals surface area contributed by atoms with Gasteiger partial charge in [-0.25, -0.2) is 0 Å². The van der Waals surface area contributed by atoms with E-state index in [1.165, 1.54) is 23.1 Å². The molecule has 2 aromatic rings. The SMILES string of the molecule is Cc1cccc(N2C(=O)C(=Cc3ccc(OCC(N)=O)c(Cl)c3)C(=O)NC2=S)c1. The number of primary amides is 1. The molecule has 7 nitrogen and oxygen atoms in total. The average Bonchev–Trinajstić information content (AvgIpc) is 2.64. The van der Waals surface area contributed by atoms with Crippen molar-refractivity contribution in [2.45, 2.75) is 6.92 Å². The molecule has 0 unspecified atom stereocenters. The number of ether oxygens (including phenoxy) is 1. The molecule has 3 rings (SSSR count). The molecule has 0 aromatic heterocycles. The maximum atomic E-state index is 13.0. The Morgan fingerprint density at radius 2 is 2.03 bits per heavy atom. The van der Waals surface area contributed by atoms with Crippen molar-refractivity contribution >= 4 is 58.4 Å². The van der Waals surface area contributed by atoms with Crippen molar-refractivity contribution in [3.05, 3.63) is 64.2 Å². The third-order valence-corrected chi connectivity index (χ3v) is 4.58. The van der Waals surface area contributed by atoms with Crippen LogP contribution in [0.15, 0.2) is 48.0 Å². The zero-order valence-electron chi connectivity index (χ0n) is 15.3. The van der Waals surface area contributed by atoms with Gasteiger partial charge in [0.25, 0.3) is 17.7 Å². The molecule has 0 aliphatic carbocycles. The highest BCUT2D eigenvalue weighted by Crippen LogP contribution is 2.28. The Morgan fingerprint density at radius 3 is 2.69 bits per heavy atom. The number of carbonyl (C=O) groups is 3. The van der Waals surface area contributed by atoms with Crippen molar-refractivity contribution < 1.29 is 19.1 Å². The molecule has 1 aliphatic rings. The first-order chi connectivity index (χ1) is 13.8. The Kier molecular flexibility index (Phi) is 5.95. The number of rotatable bonds is 5.